The third kappa shape index (κ3) is 4.43. The van der Waals surface area contributed by atoms with Crippen LogP contribution in [0.15, 0.2) is 0 Å². The molecule has 0 aromatic carbocycles. The van der Waals surface area contributed by atoms with E-state index in [-0.39, 0.29) is 0 Å². The lowest BCUT2D eigenvalue weighted by molar-refractivity contribution is -0.00363. The maximum Gasteiger partial charge on any atom is 0.223 e. The molecule has 0 aromatic rings. The highest BCUT2D eigenvalue weighted by atomic mass is 16.7. The molecule has 0 amide bonds. The Morgan fingerprint density at radius 2 is 1.78 bits per heavy atom. The fourth-order valence-electron chi connectivity index (χ4n) is 0.609. The van der Waals surface area contributed by atoms with Gasteiger partial charge < -0.3 is 9.47 Å². The van der Waals surface area contributed by atoms with Crippen molar-refractivity contribution >= 4 is 0 Å². The van der Waals surface area contributed by atoms with Crippen LogP contribution in [0.4, 0.5) is 0 Å². The maximum absolute atomic E-state index is 4.90. The van der Waals surface area contributed by atoms with Gasteiger partial charge in [0.1, 0.15) is 0 Å². The highest BCUT2D eigenvalue weighted by Gasteiger charge is 2.04. The number of hydrogen-bond donors (Lipinski definition) is 0. The van der Waals surface area contributed by atoms with Crippen LogP contribution in [0.1, 0.15) is 26.2 Å². The summed E-state index contributed by atoms with van der Waals surface area (Å²) in [5.74, 6) is 0. The van der Waals surface area contributed by atoms with Crippen molar-refractivity contribution in [3.63, 3.8) is 0 Å². The van der Waals surface area contributed by atoms with E-state index in [1.165, 1.54) is 6.42 Å². The molecular weight excluding hydrogens is 116 g/mol. The first-order valence-corrected chi connectivity index (χ1v) is 3.29. The van der Waals surface area contributed by atoms with E-state index in [0.717, 1.165) is 19.1 Å². The van der Waals surface area contributed by atoms with Crippen LogP contribution in [0.5, 0.6) is 0 Å². The molecule has 1 radical (unpaired) electrons. The second-order valence-electron chi connectivity index (χ2n) is 1.88. The van der Waals surface area contributed by atoms with Crippen LogP contribution >= 0.6 is 0 Å². The summed E-state index contributed by atoms with van der Waals surface area (Å²) in [4.78, 5) is 0. The zero-order chi connectivity index (χ0) is 7.11. The summed E-state index contributed by atoms with van der Waals surface area (Å²) in [5.41, 5.74) is 0. The molecule has 9 heavy (non-hydrogen) atoms. The summed E-state index contributed by atoms with van der Waals surface area (Å²) in [6.07, 6.45) is 3.97. The van der Waals surface area contributed by atoms with E-state index in [0.29, 0.717) is 0 Å². The van der Waals surface area contributed by atoms with Crippen LogP contribution in [0.2, 0.25) is 0 Å². The van der Waals surface area contributed by atoms with Gasteiger partial charge in [-0.15, -0.1) is 0 Å². The van der Waals surface area contributed by atoms with Gasteiger partial charge in [0.2, 0.25) is 6.29 Å². The van der Waals surface area contributed by atoms with Gasteiger partial charge in [-0.3, -0.25) is 0 Å². The largest absolute Gasteiger partial charge is 0.349 e. The molecule has 2 heteroatoms. The van der Waals surface area contributed by atoms with Crippen molar-refractivity contribution in [2.45, 2.75) is 26.2 Å². The van der Waals surface area contributed by atoms with E-state index in [2.05, 4.69) is 6.92 Å². The number of ether oxygens (including phenoxy) is 2. The van der Waals surface area contributed by atoms with E-state index in [4.69, 9.17) is 9.47 Å². The average Bonchev–Trinajstić information content (AvgIpc) is 1.91. The molecule has 0 aromatic heterocycles. The molecule has 0 heterocycles. The molecule has 55 valence electrons. The Bertz CT molecular complexity index is 50.9. The van der Waals surface area contributed by atoms with Gasteiger partial charge in [-0.05, 0) is 6.42 Å². The lowest BCUT2D eigenvalue weighted by atomic mass is 10.2. The standard InChI is InChI=1S/C7H15O2/c1-4-5-6-7(8-2)9-3/h4-6H2,1-3H3. The predicted molar refractivity (Wildman–Crippen MR) is 36.8 cm³/mol. The monoisotopic (exact) mass is 131 g/mol. The molecule has 0 bridgehead atoms. The molecule has 0 fully saturated rings. The van der Waals surface area contributed by atoms with Gasteiger partial charge in [0.05, 0.1) is 0 Å². The molecule has 0 atom stereocenters. The van der Waals surface area contributed by atoms with Gasteiger partial charge in [0.15, 0.2) is 0 Å². The van der Waals surface area contributed by atoms with Crippen molar-refractivity contribution < 1.29 is 9.47 Å². The van der Waals surface area contributed by atoms with Crippen LogP contribution in [0.25, 0.3) is 0 Å². The highest BCUT2D eigenvalue weighted by molar-refractivity contribution is 4.61. The quantitative estimate of drug-likeness (QED) is 0.567. The van der Waals surface area contributed by atoms with Crippen molar-refractivity contribution in [1.82, 2.24) is 0 Å². The van der Waals surface area contributed by atoms with Crippen LogP contribution < -0.4 is 0 Å². The molecule has 0 saturated heterocycles. The fraction of sp³-hybridized carbons (Fsp3) is 0.857. The predicted octanol–water partition coefficient (Wildman–Crippen LogP) is 1.96. The molecular formula is C7H15O2. The van der Waals surface area contributed by atoms with Crippen LogP contribution in [0.3, 0.4) is 0 Å². The number of methoxy groups -OCH3 is 2. The van der Waals surface area contributed by atoms with E-state index in [1.54, 1.807) is 14.2 Å². The van der Waals surface area contributed by atoms with Gasteiger partial charge in [-0.2, -0.15) is 0 Å². The van der Waals surface area contributed by atoms with Crippen molar-refractivity contribution in [1.29, 1.82) is 0 Å². The number of hydrogen-bond acceptors (Lipinski definition) is 2. The molecule has 0 rings (SSSR count). The first-order chi connectivity index (χ1) is 4.35. The van der Waals surface area contributed by atoms with Gasteiger partial charge in [-0.25, -0.2) is 0 Å². The van der Waals surface area contributed by atoms with Crippen molar-refractivity contribution in [3.05, 3.63) is 6.29 Å². The fourth-order valence-corrected chi connectivity index (χ4v) is 0.609. The Morgan fingerprint density at radius 3 is 2.11 bits per heavy atom. The van der Waals surface area contributed by atoms with Gasteiger partial charge in [-0.1, -0.05) is 13.3 Å². The van der Waals surface area contributed by atoms with E-state index in [1.807, 2.05) is 0 Å². The zero-order valence-electron chi connectivity index (χ0n) is 6.44. The summed E-state index contributed by atoms with van der Waals surface area (Å²) in [6.45, 7) is 2.14. The summed E-state index contributed by atoms with van der Waals surface area (Å²) < 4.78 is 9.79. The van der Waals surface area contributed by atoms with Crippen LogP contribution in [0, 0.1) is 6.29 Å². The zero-order valence-corrected chi connectivity index (χ0v) is 6.44. The number of unbranched alkanes of at least 4 members (excludes halogenated alkanes) is 1. The van der Waals surface area contributed by atoms with Gasteiger partial charge in [0, 0.05) is 20.6 Å². The Hall–Kier alpha value is -0.0800. The molecule has 0 unspecified atom stereocenters. The van der Waals surface area contributed by atoms with Gasteiger partial charge >= 0.3 is 0 Å². The van der Waals surface area contributed by atoms with Crippen molar-refractivity contribution in [2.75, 3.05) is 14.2 Å². The summed E-state index contributed by atoms with van der Waals surface area (Å²) in [6, 6.07) is 0. The minimum absolute atomic E-state index is 0.733. The minimum Gasteiger partial charge on any atom is -0.349 e. The van der Waals surface area contributed by atoms with E-state index >= 15 is 0 Å². The Labute approximate surface area is 57.2 Å². The van der Waals surface area contributed by atoms with E-state index < -0.39 is 0 Å². The number of rotatable bonds is 5. The summed E-state index contributed by atoms with van der Waals surface area (Å²) in [5, 5.41) is 0. The van der Waals surface area contributed by atoms with E-state index in [9.17, 15) is 0 Å². The molecule has 0 spiro atoms. The molecule has 0 aliphatic rings. The van der Waals surface area contributed by atoms with Crippen molar-refractivity contribution in [2.24, 2.45) is 0 Å². The minimum atomic E-state index is 0.733. The third-order valence-corrected chi connectivity index (χ3v) is 1.19. The smallest absolute Gasteiger partial charge is 0.223 e. The molecule has 0 aliphatic carbocycles. The van der Waals surface area contributed by atoms with Crippen LogP contribution in [-0.4, -0.2) is 14.2 Å². The second kappa shape index (κ2) is 6.05. The lowest BCUT2D eigenvalue weighted by Gasteiger charge is -2.08. The Kier molecular flexibility index (Phi) is 5.99. The maximum atomic E-state index is 4.90. The molecule has 0 saturated carbocycles. The first-order valence-electron chi connectivity index (χ1n) is 3.29. The summed E-state index contributed by atoms with van der Waals surface area (Å²) >= 11 is 0. The first kappa shape index (κ1) is 8.92. The molecule has 0 aliphatic heterocycles. The van der Waals surface area contributed by atoms with Crippen LogP contribution in [-0.2, 0) is 9.47 Å². The molecule has 0 N–H and O–H groups in total. The van der Waals surface area contributed by atoms with Crippen molar-refractivity contribution in [3.8, 4) is 0 Å². The van der Waals surface area contributed by atoms with Gasteiger partial charge in [0.25, 0.3) is 0 Å². The SMILES string of the molecule is CCCC[C](OC)OC. The highest BCUT2D eigenvalue weighted by Crippen LogP contribution is 2.10. The summed E-state index contributed by atoms with van der Waals surface area (Å²) in [7, 11) is 3.27. The lowest BCUT2D eigenvalue weighted by Crippen LogP contribution is -2.01. The normalized spacial score (nSPS) is 10.7. The molecule has 2 nitrogen and oxygen atoms in total. The topological polar surface area (TPSA) is 18.5 Å². The third-order valence-electron chi connectivity index (χ3n) is 1.19. The Morgan fingerprint density at radius 1 is 1.22 bits per heavy atom. The second-order valence-corrected chi connectivity index (χ2v) is 1.88. The average molecular weight is 131 g/mol. The Balaban J connectivity index is 3.09.